The van der Waals surface area contributed by atoms with Crippen LogP contribution in [0.5, 0.6) is 11.5 Å². The molecule has 1 saturated heterocycles. The first-order valence-corrected chi connectivity index (χ1v) is 13.1. The second kappa shape index (κ2) is 10.1. The lowest BCUT2D eigenvalue weighted by Gasteiger charge is -2.51. The molecule has 1 aromatic carbocycles. The van der Waals surface area contributed by atoms with Crippen LogP contribution < -0.4 is 9.47 Å². The van der Waals surface area contributed by atoms with Crippen LogP contribution in [0.3, 0.4) is 0 Å². The summed E-state index contributed by atoms with van der Waals surface area (Å²) in [5, 5.41) is 19.4. The molecule has 1 N–H and O–H groups in total. The summed E-state index contributed by atoms with van der Waals surface area (Å²) in [6.45, 7) is 7.59. The van der Waals surface area contributed by atoms with Gasteiger partial charge in [0.1, 0.15) is 11.6 Å². The van der Waals surface area contributed by atoms with Gasteiger partial charge in [0.15, 0.2) is 11.5 Å². The Morgan fingerprint density at radius 2 is 1.74 bits per heavy atom. The van der Waals surface area contributed by atoms with E-state index in [1.165, 1.54) is 0 Å². The van der Waals surface area contributed by atoms with Gasteiger partial charge in [0.2, 0.25) is 11.8 Å². The van der Waals surface area contributed by atoms with Crippen LogP contribution in [0, 0.1) is 10.8 Å². The number of ether oxygens (including phenoxy) is 2. The van der Waals surface area contributed by atoms with E-state index in [1.807, 2.05) is 45.9 Å². The van der Waals surface area contributed by atoms with Crippen LogP contribution in [0.1, 0.15) is 83.2 Å². The summed E-state index contributed by atoms with van der Waals surface area (Å²) in [7, 11) is 3.14. The van der Waals surface area contributed by atoms with E-state index in [4.69, 9.17) is 13.9 Å². The summed E-state index contributed by atoms with van der Waals surface area (Å²) in [5.41, 5.74) is -2.51. The smallest absolute Gasteiger partial charge is 0.352 e. The van der Waals surface area contributed by atoms with E-state index in [-0.39, 0.29) is 25.3 Å². The lowest BCUT2D eigenvalue weighted by molar-refractivity contribution is -0.231. The van der Waals surface area contributed by atoms with E-state index in [2.05, 4.69) is 10.2 Å². The maximum atomic E-state index is 15.8. The van der Waals surface area contributed by atoms with Crippen molar-refractivity contribution in [1.29, 1.82) is 0 Å². The molecule has 0 spiro atoms. The van der Waals surface area contributed by atoms with Gasteiger partial charge >= 0.3 is 5.92 Å². The predicted molar refractivity (Wildman–Crippen MR) is 136 cm³/mol. The first-order chi connectivity index (χ1) is 17.7. The number of alkyl halides is 2. The fraction of sp³-hybridized carbons (Fsp3) is 0.679. The lowest BCUT2D eigenvalue weighted by atomic mass is 9.58. The molecule has 1 atom stereocenters. The van der Waals surface area contributed by atoms with Gasteiger partial charge in [-0.25, -0.2) is 0 Å². The normalized spacial score (nSPS) is 22.3. The molecule has 1 saturated carbocycles. The fourth-order valence-corrected chi connectivity index (χ4v) is 6.72. The van der Waals surface area contributed by atoms with Crippen molar-refractivity contribution in [1.82, 2.24) is 15.1 Å². The summed E-state index contributed by atoms with van der Waals surface area (Å²) in [4.78, 5) is 14.4. The molecule has 1 amide bonds. The zero-order valence-corrected chi connectivity index (χ0v) is 23.1. The number of methoxy groups -OCH3 is 2. The summed E-state index contributed by atoms with van der Waals surface area (Å²) >= 11 is 0. The third-order valence-corrected chi connectivity index (χ3v) is 7.71. The topological polar surface area (TPSA) is 97.9 Å². The molecule has 2 aromatic rings. The fourth-order valence-electron chi connectivity index (χ4n) is 6.72. The molecular formula is C28H39F2N3O5. The van der Waals surface area contributed by atoms with Crippen LogP contribution >= 0.6 is 0 Å². The number of hydrogen-bond donors (Lipinski definition) is 1. The van der Waals surface area contributed by atoms with Crippen molar-refractivity contribution in [2.45, 2.75) is 90.2 Å². The zero-order valence-electron chi connectivity index (χ0n) is 23.1. The van der Waals surface area contributed by atoms with Crippen LogP contribution in [0.2, 0.25) is 0 Å². The largest absolute Gasteiger partial charge is 0.493 e. The van der Waals surface area contributed by atoms with Crippen molar-refractivity contribution in [3.63, 3.8) is 0 Å². The third kappa shape index (κ3) is 5.51. The van der Waals surface area contributed by atoms with Crippen molar-refractivity contribution in [3.05, 3.63) is 35.5 Å². The molecule has 0 unspecified atom stereocenters. The van der Waals surface area contributed by atoms with E-state index >= 15 is 8.78 Å². The van der Waals surface area contributed by atoms with Crippen molar-refractivity contribution < 1.29 is 32.6 Å². The molecule has 38 heavy (non-hydrogen) atoms. The maximum absolute atomic E-state index is 15.8. The Morgan fingerprint density at radius 3 is 2.37 bits per heavy atom. The van der Waals surface area contributed by atoms with Gasteiger partial charge in [0, 0.05) is 13.0 Å². The van der Waals surface area contributed by atoms with Gasteiger partial charge in [0.25, 0.3) is 5.91 Å². The minimum Gasteiger partial charge on any atom is -0.493 e. The molecule has 4 rings (SSSR count). The molecule has 0 radical (unpaired) electrons. The molecule has 2 fully saturated rings. The highest BCUT2D eigenvalue weighted by Crippen LogP contribution is 2.55. The number of amides is 1. The Kier molecular flexibility index (Phi) is 7.51. The van der Waals surface area contributed by atoms with Gasteiger partial charge < -0.3 is 23.9 Å². The summed E-state index contributed by atoms with van der Waals surface area (Å²) in [6.07, 6.45) is 2.38. The Bertz CT molecular complexity index is 1150. The van der Waals surface area contributed by atoms with Crippen LogP contribution in [0.4, 0.5) is 8.78 Å². The Morgan fingerprint density at radius 1 is 1.08 bits per heavy atom. The summed E-state index contributed by atoms with van der Waals surface area (Å²) < 4.78 is 48.1. The van der Waals surface area contributed by atoms with E-state index < -0.39 is 34.3 Å². The number of aryl methyl sites for hydroxylation is 2. The highest BCUT2D eigenvalue weighted by atomic mass is 19.3. The van der Waals surface area contributed by atoms with E-state index in [9.17, 15) is 9.90 Å². The number of carbonyl (C=O) groups is 1. The molecule has 2 heterocycles. The van der Waals surface area contributed by atoms with E-state index in [0.717, 1.165) is 10.5 Å². The zero-order chi connectivity index (χ0) is 27.9. The second-order valence-corrected chi connectivity index (χ2v) is 12.3. The maximum Gasteiger partial charge on any atom is 0.352 e. The molecule has 10 heteroatoms. The standard InChI is InChI=1S/C28H39F2N3O5/c1-25(2)15-26(3,4)17-27(35,16-25)28(29,30)24(34)33-13-7-8-19(33)23-32-31-22(38-23)12-10-18-9-11-20(36-5)21(14-18)37-6/h9,11,14,19,35H,7-8,10,12-13,15-17H2,1-6H3/t19-/m0/s1. The van der Waals surface area contributed by atoms with Gasteiger partial charge in [-0.1, -0.05) is 33.8 Å². The lowest BCUT2D eigenvalue weighted by Crippen LogP contribution is -2.62. The first kappa shape index (κ1) is 28.3. The molecule has 1 aliphatic carbocycles. The summed E-state index contributed by atoms with van der Waals surface area (Å²) in [6, 6.07) is 4.85. The molecule has 1 aliphatic heterocycles. The number of rotatable bonds is 8. The van der Waals surface area contributed by atoms with Gasteiger partial charge in [-0.2, -0.15) is 8.78 Å². The van der Waals surface area contributed by atoms with Gasteiger partial charge in [-0.15, -0.1) is 10.2 Å². The Balaban J connectivity index is 1.48. The number of hydrogen-bond acceptors (Lipinski definition) is 7. The molecule has 8 nitrogen and oxygen atoms in total. The van der Waals surface area contributed by atoms with Crippen LogP contribution in [0.15, 0.2) is 22.6 Å². The molecule has 210 valence electrons. The van der Waals surface area contributed by atoms with E-state index in [1.54, 1.807) is 14.2 Å². The average molecular weight is 536 g/mol. The first-order valence-electron chi connectivity index (χ1n) is 13.1. The molecular weight excluding hydrogens is 496 g/mol. The van der Waals surface area contributed by atoms with Crippen LogP contribution in [-0.4, -0.2) is 58.4 Å². The number of aromatic nitrogens is 2. The van der Waals surface area contributed by atoms with Crippen molar-refractivity contribution in [2.75, 3.05) is 20.8 Å². The monoisotopic (exact) mass is 535 g/mol. The number of likely N-dealkylation sites (tertiary alicyclic amines) is 1. The van der Waals surface area contributed by atoms with Crippen molar-refractivity contribution in [2.24, 2.45) is 10.8 Å². The number of halogens is 2. The minimum absolute atomic E-state index is 0.144. The molecule has 2 aliphatic rings. The Hall–Kier alpha value is -2.75. The predicted octanol–water partition coefficient (Wildman–Crippen LogP) is 5.14. The van der Waals surface area contributed by atoms with Gasteiger partial charge in [-0.05, 0) is 67.1 Å². The van der Waals surface area contributed by atoms with Gasteiger partial charge in [0.05, 0.1) is 14.2 Å². The average Bonchev–Trinajstić information content (AvgIpc) is 3.49. The molecule has 0 bridgehead atoms. The molecule has 1 aromatic heterocycles. The number of carbonyl (C=O) groups excluding carboxylic acids is 1. The second-order valence-electron chi connectivity index (χ2n) is 12.3. The van der Waals surface area contributed by atoms with Crippen molar-refractivity contribution >= 4 is 5.91 Å². The minimum atomic E-state index is -3.94. The van der Waals surface area contributed by atoms with E-state index in [0.29, 0.717) is 49.5 Å². The number of benzene rings is 1. The van der Waals surface area contributed by atoms with Crippen molar-refractivity contribution in [3.8, 4) is 11.5 Å². The van der Waals surface area contributed by atoms with Crippen LogP contribution in [0.25, 0.3) is 0 Å². The quantitative estimate of drug-likeness (QED) is 0.500. The third-order valence-electron chi connectivity index (χ3n) is 7.71. The highest BCUT2D eigenvalue weighted by Gasteiger charge is 2.65. The Labute approximate surface area is 222 Å². The summed E-state index contributed by atoms with van der Waals surface area (Å²) in [5.74, 6) is -3.57. The number of nitrogens with zero attached hydrogens (tertiary/aromatic N) is 3. The SMILES string of the molecule is COc1ccc(CCc2nnc([C@@H]3CCCN3C(=O)C(F)(F)C3(O)CC(C)(C)CC(C)(C)C3)o2)cc1OC. The number of aliphatic hydroxyl groups is 1. The van der Waals surface area contributed by atoms with Gasteiger partial charge in [-0.3, -0.25) is 4.79 Å². The van der Waals surface area contributed by atoms with Crippen LogP contribution in [-0.2, 0) is 17.6 Å². The highest BCUT2D eigenvalue weighted by molar-refractivity contribution is 5.85.